The molecule has 1 unspecified atom stereocenters. The van der Waals surface area contributed by atoms with Crippen molar-refractivity contribution in [3.8, 4) is 5.75 Å². The van der Waals surface area contributed by atoms with Crippen molar-refractivity contribution in [3.05, 3.63) is 65.9 Å². The van der Waals surface area contributed by atoms with Gasteiger partial charge in [0.25, 0.3) is 11.7 Å². The Morgan fingerprint density at radius 1 is 1.11 bits per heavy atom. The zero-order valence-electron chi connectivity index (χ0n) is 21.5. The van der Waals surface area contributed by atoms with Gasteiger partial charge in [-0.1, -0.05) is 83.4 Å². The maximum atomic E-state index is 13.4. The van der Waals surface area contributed by atoms with E-state index in [9.17, 15) is 4.79 Å². The summed E-state index contributed by atoms with van der Waals surface area (Å²) < 4.78 is 7.69. The number of hydrogen-bond acceptors (Lipinski definition) is 4. The molecule has 0 aliphatic carbocycles. The van der Waals surface area contributed by atoms with Crippen LogP contribution in [0.15, 0.2) is 43.0 Å². The molecule has 0 saturated heterocycles. The van der Waals surface area contributed by atoms with Crippen LogP contribution in [-0.4, -0.2) is 32.0 Å². The number of unbranched alkanes of at least 4 members (excludes halogenated alkanes) is 9. The number of anilines is 1. The van der Waals surface area contributed by atoms with E-state index in [1.54, 1.807) is 30.2 Å². The Labute approximate surface area is 214 Å². The summed E-state index contributed by atoms with van der Waals surface area (Å²) in [5.74, 6) is 0.984. The van der Waals surface area contributed by atoms with E-state index in [0.29, 0.717) is 29.6 Å². The highest BCUT2D eigenvalue weighted by molar-refractivity contribution is 5.96. The Hall–Kier alpha value is -3.60. The van der Waals surface area contributed by atoms with Crippen LogP contribution in [-0.2, 0) is 4.79 Å². The third-order valence-corrected chi connectivity index (χ3v) is 6.21. The van der Waals surface area contributed by atoms with Crippen LogP contribution >= 0.6 is 0 Å². The van der Waals surface area contributed by atoms with E-state index in [4.69, 9.17) is 11.3 Å². The number of aromatic nitrogens is 4. The van der Waals surface area contributed by atoms with Gasteiger partial charge in [0.15, 0.2) is 6.04 Å². The number of hydrogen-bond donors (Lipinski definition) is 2. The smallest absolute Gasteiger partial charge is 0.290 e. The van der Waals surface area contributed by atoms with Gasteiger partial charge in [0.1, 0.15) is 5.75 Å². The molecule has 0 radical (unpaired) electrons. The Kier molecular flexibility index (Phi) is 11.0. The van der Waals surface area contributed by atoms with E-state index in [0.717, 1.165) is 12.8 Å². The first-order valence-corrected chi connectivity index (χ1v) is 13.1. The standard InChI is InChI=1S/C28H38N6O2/c1-4-5-6-7-8-9-10-11-12-15-20-36-24-17-14-13-16-23(24)32-28(35)25(34-19-18-30-21-34)27-31-22(2)26(29-3)33-27/h13-14,16-19,21,25H,4-12,15,20H2,1-2H3,(H,31,33)(H,32,35). The average molecular weight is 491 g/mol. The van der Waals surface area contributed by atoms with Crippen molar-refractivity contribution in [2.75, 3.05) is 11.9 Å². The van der Waals surface area contributed by atoms with Crippen LogP contribution in [0.5, 0.6) is 5.75 Å². The number of aryl methyl sites for hydroxylation is 1. The monoisotopic (exact) mass is 490 g/mol. The molecule has 0 spiro atoms. The van der Waals surface area contributed by atoms with Gasteiger partial charge in [-0.3, -0.25) is 4.79 Å². The normalized spacial score (nSPS) is 11.7. The molecule has 1 amide bonds. The number of amides is 1. The first-order chi connectivity index (χ1) is 17.6. The molecule has 36 heavy (non-hydrogen) atoms. The lowest BCUT2D eigenvalue weighted by Gasteiger charge is -2.17. The molecule has 2 N–H and O–H groups in total. The number of benzene rings is 1. The predicted octanol–water partition coefficient (Wildman–Crippen LogP) is 6.99. The van der Waals surface area contributed by atoms with Gasteiger partial charge in [-0.15, -0.1) is 4.98 Å². The molecule has 8 heteroatoms. The second-order valence-corrected chi connectivity index (χ2v) is 9.11. The number of aromatic amines is 1. The lowest BCUT2D eigenvalue weighted by atomic mass is 10.1. The Morgan fingerprint density at radius 2 is 1.81 bits per heavy atom. The molecule has 1 atom stereocenters. The molecule has 8 nitrogen and oxygen atoms in total. The molecule has 3 rings (SSSR count). The zero-order valence-corrected chi connectivity index (χ0v) is 21.5. The molecule has 3 aromatic rings. The van der Waals surface area contributed by atoms with Gasteiger partial charge in [0, 0.05) is 18.1 Å². The van der Waals surface area contributed by atoms with Crippen LogP contribution < -0.4 is 10.1 Å². The average Bonchev–Trinajstić information content (AvgIpc) is 3.53. The van der Waals surface area contributed by atoms with Crippen molar-refractivity contribution in [1.82, 2.24) is 19.5 Å². The van der Waals surface area contributed by atoms with Gasteiger partial charge < -0.3 is 24.4 Å². The number of para-hydroxylation sites is 2. The van der Waals surface area contributed by atoms with Crippen molar-refractivity contribution in [1.29, 1.82) is 0 Å². The maximum Gasteiger partial charge on any atom is 0.290 e. The van der Waals surface area contributed by atoms with Crippen LogP contribution in [0, 0.1) is 13.5 Å². The molecule has 0 bridgehead atoms. The maximum absolute atomic E-state index is 13.4. The molecule has 2 heterocycles. The van der Waals surface area contributed by atoms with Gasteiger partial charge in [-0.25, -0.2) is 4.98 Å². The summed E-state index contributed by atoms with van der Waals surface area (Å²) in [6, 6.07) is 6.66. The fraction of sp³-hybridized carbons (Fsp3) is 0.500. The van der Waals surface area contributed by atoms with E-state index in [2.05, 4.69) is 32.0 Å². The first-order valence-electron chi connectivity index (χ1n) is 13.1. The lowest BCUT2D eigenvalue weighted by Crippen LogP contribution is -2.27. The fourth-order valence-corrected chi connectivity index (χ4v) is 4.20. The highest BCUT2D eigenvalue weighted by atomic mass is 16.5. The Balaban J connectivity index is 1.52. The predicted molar refractivity (Wildman–Crippen MR) is 142 cm³/mol. The molecule has 0 saturated carbocycles. The van der Waals surface area contributed by atoms with E-state index in [1.807, 2.05) is 24.3 Å². The van der Waals surface area contributed by atoms with Crippen molar-refractivity contribution in [3.63, 3.8) is 0 Å². The van der Waals surface area contributed by atoms with Crippen LogP contribution in [0.2, 0.25) is 0 Å². The van der Waals surface area contributed by atoms with E-state index in [-0.39, 0.29) is 11.7 Å². The number of nitrogens with zero attached hydrogens (tertiary/aromatic N) is 4. The number of imidazole rings is 2. The molecule has 0 aliphatic rings. The number of carbonyl (C=O) groups is 1. The van der Waals surface area contributed by atoms with Gasteiger partial charge >= 0.3 is 0 Å². The topological polar surface area (TPSA) is 89.2 Å². The van der Waals surface area contributed by atoms with Crippen LogP contribution in [0.3, 0.4) is 0 Å². The van der Waals surface area contributed by atoms with Crippen molar-refractivity contribution in [2.24, 2.45) is 0 Å². The summed E-state index contributed by atoms with van der Waals surface area (Å²) >= 11 is 0. The second kappa shape index (κ2) is 14.7. The van der Waals surface area contributed by atoms with Gasteiger partial charge in [0.05, 0.1) is 18.6 Å². The summed E-state index contributed by atoms with van der Waals surface area (Å²) in [5.41, 5.74) is 1.23. The highest BCUT2D eigenvalue weighted by Gasteiger charge is 2.30. The van der Waals surface area contributed by atoms with E-state index in [1.165, 1.54) is 51.4 Å². The zero-order chi connectivity index (χ0) is 25.6. The highest BCUT2D eigenvalue weighted by Crippen LogP contribution is 2.28. The van der Waals surface area contributed by atoms with Crippen LogP contribution in [0.4, 0.5) is 11.5 Å². The first kappa shape index (κ1) is 27.0. The van der Waals surface area contributed by atoms with Gasteiger partial charge in [-0.2, -0.15) is 0 Å². The Morgan fingerprint density at radius 3 is 2.44 bits per heavy atom. The Bertz CT molecular complexity index is 1100. The molecular formula is C28H38N6O2. The number of H-pyrrole nitrogens is 1. The SMILES string of the molecule is [C-]#[N+]c1nc(C(C(=O)Nc2ccccc2OCCCCCCCCCCCC)n2ccnc2)[nH]c1C. The molecule has 1 aromatic carbocycles. The summed E-state index contributed by atoms with van der Waals surface area (Å²) in [6.07, 6.45) is 17.6. The van der Waals surface area contributed by atoms with Crippen molar-refractivity contribution in [2.45, 2.75) is 84.1 Å². The van der Waals surface area contributed by atoms with Crippen LogP contribution in [0.1, 0.15) is 88.7 Å². The number of carbonyl (C=O) groups excluding carboxylic acids is 1. The summed E-state index contributed by atoms with van der Waals surface area (Å²) in [5, 5.41) is 2.98. The summed E-state index contributed by atoms with van der Waals surface area (Å²) in [6.45, 7) is 11.9. The third kappa shape index (κ3) is 7.98. The lowest BCUT2D eigenvalue weighted by molar-refractivity contribution is -0.118. The minimum Gasteiger partial charge on any atom is -0.491 e. The number of rotatable bonds is 16. The van der Waals surface area contributed by atoms with Crippen molar-refractivity contribution < 1.29 is 9.53 Å². The molecule has 0 aliphatic heterocycles. The number of ether oxygens (including phenoxy) is 1. The van der Waals surface area contributed by atoms with Gasteiger partial charge in [-0.05, 0) is 25.5 Å². The van der Waals surface area contributed by atoms with E-state index >= 15 is 0 Å². The number of nitrogens with one attached hydrogen (secondary N) is 2. The minimum atomic E-state index is -0.795. The summed E-state index contributed by atoms with van der Waals surface area (Å²) in [4.78, 5) is 28.3. The largest absolute Gasteiger partial charge is 0.491 e. The van der Waals surface area contributed by atoms with E-state index < -0.39 is 6.04 Å². The second-order valence-electron chi connectivity index (χ2n) is 9.11. The fourth-order valence-electron chi connectivity index (χ4n) is 4.20. The van der Waals surface area contributed by atoms with Gasteiger partial charge in [0.2, 0.25) is 5.82 Å². The summed E-state index contributed by atoms with van der Waals surface area (Å²) in [7, 11) is 0. The molecule has 2 aromatic heterocycles. The van der Waals surface area contributed by atoms with Crippen molar-refractivity contribution >= 4 is 17.4 Å². The molecule has 192 valence electrons. The molecule has 0 fully saturated rings. The molecular weight excluding hydrogens is 452 g/mol. The minimum absolute atomic E-state index is 0.253. The quantitative estimate of drug-likeness (QED) is 0.167. The van der Waals surface area contributed by atoms with Crippen LogP contribution in [0.25, 0.3) is 4.85 Å². The third-order valence-electron chi connectivity index (χ3n) is 6.21.